The van der Waals surface area contributed by atoms with Gasteiger partial charge in [-0.2, -0.15) is 5.26 Å². The van der Waals surface area contributed by atoms with E-state index >= 15 is 0 Å². The van der Waals surface area contributed by atoms with Gasteiger partial charge in [0.2, 0.25) is 0 Å². The first-order valence-corrected chi connectivity index (χ1v) is 15.8. The fourth-order valence-electron chi connectivity index (χ4n) is 9.26. The van der Waals surface area contributed by atoms with E-state index in [0.29, 0.717) is 36.9 Å². The molecule has 8 heteroatoms. The minimum atomic E-state index is -3.80. The molecule has 1 heterocycles. The number of rotatable bonds is 7. The van der Waals surface area contributed by atoms with Gasteiger partial charge in [-0.3, -0.25) is 0 Å². The van der Waals surface area contributed by atoms with Crippen molar-refractivity contribution in [2.45, 2.75) is 95.2 Å². The summed E-state index contributed by atoms with van der Waals surface area (Å²) in [5, 5.41) is 20.2. The maximum absolute atomic E-state index is 13.1. The largest absolute Gasteiger partial charge is 0.387 e. The lowest BCUT2D eigenvalue weighted by molar-refractivity contribution is -0.128. The number of aliphatic hydroxyl groups is 1. The van der Waals surface area contributed by atoms with Crippen molar-refractivity contribution < 1.29 is 18.3 Å². The van der Waals surface area contributed by atoms with Gasteiger partial charge in [0, 0.05) is 12.6 Å². The van der Waals surface area contributed by atoms with Crippen LogP contribution in [0.1, 0.15) is 84.3 Å². The van der Waals surface area contributed by atoms with Crippen molar-refractivity contribution >= 4 is 10.0 Å². The number of nitrogens with one attached hydrogen (secondary N) is 1. The summed E-state index contributed by atoms with van der Waals surface area (Å²) in [6, 6.07) is 6.28. The van der Waals surface area contributed by atoms with Crippen LogP contribution >= 0.6 is 0 Å². The molecule has 2 N–H and O–H groups in total. The molecule has 4 fully saturated rings. The average molecular weight is 530 g/mol. The summed E-state index contributed by atoms with van der Waals surface area (Å²) < 4.78 is 34.8. The molecule has 0 bridgehead atoms. The van der Waals surface area contributed by atoms with Gasteiger partial charge in [0.25, 0.3) is 10.0 Å². The second kappa shape index (κ2) is 10.2. The van der Waals surface area contributed by atoms with Gasteiger partial charge in [0.1, 0.15) is 11.8 Å². The molecule has 0 spiro atoms. The molecular weight excluding hydrogens is 486 g/mol. The van der Waals surface area contributed by atoms with Crippen LogP contribution < -0.4 is 4.72 Å². The van der Waals surface area contributed by atoms with Crippen molar-refractivity contribution in [3.05, 3.63) is 23.9 Å². The van der Waals surface area contributed by atoms with E-state index in [2.05, 4.69) is 16.6 Å². The Morgan fingerprint density at radius 1 is 1.16 bits per heavy atom. The topological polar surface area (TPSA) is 112 Å². The molecule has 1 aromatic rings. The summed E-state index contributed by atoms with van der Waals surface area (Å²) in [5.41, 5.74) is -0.418. The Bertz CT molecular complexity index is 1140. The maximum atomic E-state index is 13.1. The van der Waals surface area contributed by atoms with Crippen LogP contribution in [-0.2, 0) is 14.8 Å². The third kappa shape index (κ3) is 4.97. The number of aromatic nitrogens is 1. The Morgan fingerprint density at radius 3 is 2.70 bits per heavy atom. The van der Waals surface area contributed by atoms with Crippen molar-refractivity contribution in [3.63, 3.8) is 0 Å². The number of hydrogen-bond donors (Lipinski definition) is 2. The molecule has 1 unspecified atom stereocenters. The lowest BCUT2D eigenvalue weighted by atomic mass is 9.48. The lowest BCUT2D eigenvalue weighted by Crippen LogP contribution is -2.53. The van der Waals surface area contributed by atoms with Crippen LogP contribution in [0.25, 0.3) is 0 Å². The van der Waals surface area contributed by atoms with Gasteiger partial charge in [-0.15, -0.1) is 0 Å². The minimum Gasteiger partial charge on any atom is -0.387 e. The van der Waals surface area contributed by atoms with Gasteiger partial charge in [0.15, 0.2) is 5.03 Å². The molecule has 4 aliphatic rings. The zero-order valence-electron chi connectivity index (χ0n) is 22.5. The highest BCUT2D eigenvalue weighted by Crippen LogP contribution is 2.65. The lowest BCUT2D eigenvalue weighted by Gasteiger charge is -2.57. The van der Waals surface area contributed by atoms with Gasteiger partial charge < -0.3 is 9.84 Å². The molecule has 5 rings (SSSR count). The molecule has 4 aliphatic carbocycles. The van der Waals surface area contributed by atoms with Gasteiger partial charge >= 0.3 is 0 Å². The summed E-state index contributed by atoms with van der Waals surface area (Å²) in [7, 11) is -3.80. The molecule has 1 aromatic heterocycles. The highest BCUT2D eigenvalue weighted by Gasteiger charge is 2.58. The number of ether oxygens (including phenoxy) is 1. The SMILES string of the molecule is CCOC[C@@]1(O)CC[C@H]2[C@H](CC[C@@H]3[C@@H]2CC[C@]2(C)C([C@@H](C)NS(=O)(=O)c4cccc(C#N)n4)CC[C@@H]32)C1. The molecule has 9 atom stereocenters. The van der Waals surface area contributed by atoms with E-state index in [4.69, 9.17) is 10.00 Å². The summed E-state index contributed by atoms with van der Waals surface area (Å²) in [6.45, 7) is 7.53. The second-order valence-corrected chi connectivity index (χ2v) is 14.3. The Labute approximate surface area is 222 Å². The molecule has 0 aromatic carbocycles. The number of sulfonamides is 1. The Kier molecular flexibility index (Phi) is 7.47. The first kappa shape index (κ1) is 27.1. The molecule has 37 heavy (non-hydrogen) atoms. The predicted octanol–water partition coefficient (Wildman–Crippen LogP) is 4.66. The van der Waals surface area contributed by atoms with Crippen LogP contribution in [0.4, 0.5) is 0 Å². The number of nitrogens with zero attached hydrogens (tertiary/aromatic N) is 2. The van der Waals surface area contributed by atoms with E-state index in [1.54, 1.807) is 6.07 Å². The van der Waals surface area contributed by atoms with E-state index < -0.39 is 15.6 Å². The van der Waals surface area contributed by atoms with E-state index in [9.17, 15) is 13.5 Å². The van der Waals surface area contributed by atoms with E-state index in [-0.39, 0.29) is 28.1 Å². The summed E-state index contributed by atoms with van der Waals surface area (Å²) in [6.07, 6.45) is 9.83. The molecule has 7 nitrogen and oxygen atoms in total. The zero-order valence-corrected chi connectivity index (χ0v) is 23.3. The number of pyridine rings is 1. The minimum absolute atomic E-state index is 0.0817. The normalized spacial score (nSPS) is 40.2. The Morgan fingerprint density at radius 2 is 1.95 bits per heavy atom. The molecule has 0 saturated heterocycles. The van der Waals surface area contributed by atoms with Gasteiger partial charge in [-0.1, -0.05) is 13.0 Å². The van der Waals surface area contributed by atoms with Gasteiger partial charge in [-0.05, 0) is 125 Å². The van der Waals surface area contributed by atoms with Crippen LogP contribution in [-0.4, -0.2) is 43.4 Å². The fourth-order valence-corrected chi connectivity index (χ4v) is 10.5. The molecule has 0 radical (unpaired) electrons. The number of nitriles is 1. The third-order valence-electron chi connectivity index (χ3n) is 10.8. The van der Waals surface area contributed by atoms with Crippen molar-refractivity contribution in [1.82, 2.24) is 9.71 Å². The van der Waals surface area contributed by atoms with Crippen molar-refractivity contribution in [1.29, 1.82) is 5.26 Å². The molecule has 4 saturated carbocycles. The van der Waals surface area contributed by atoms with Crippen LogP contribution in [0.15, 0.2) is 23.2 Å². The smallest absolute Gasteiger partial charge is 0.258 e. The standard InChI is InChI=1S/C29H43N3O4S/c1-4-36-18-29(33)15-13-22-20(16-29)8-9-24-23(22)12-14-28(3)25(10-11-26(24)28)19(2)32-37(34,35)27-7-5-6-21(17-30)31-27/h5-7,19-20,22-26,32-33H,4,8-16,18H2,1-3H3/t19-,20-,22+,23-,24-,25?,26+,28-,29-/m1/s1. The molecule has 0 amide bonds. The highest BCUT2D eigenvalue weighted by atomic mass is 32.2. The number of hydrogen-bond acceptors (Lipinski definition) is 6. The highest BCUT2D eigenvalue weighted by molar-refractivity contribution is 7.89. The van der Waals surface area contributed by atoms with Crippen LogP contribution in [0.2, 0.25) is 0 Å². The van der Waals surface area contributed by atoms with Crippen LogP contribution in [0.3, 0.4) is 0 Å². The van der Waals surface area contributed by atoms with Crippen molar-refractivity contribution in [2.24, 2.45) is 40.9 Å². The predicted molar refractivity (Wildman–Crippen MR) is 141 cm³/mol. The van der Waals surface area contributed by atoms with Crippen LogP contribution in [0.5, 0.6) is 0 Å². The average Bonchev–Trinajstić information content (AvgIpc) is 3.24. The summed E-state index contributed by atoms with van der Waals surface area (Å²) >= 11 is 0. The van der Waals surface area contributed by atoms with Crippen molar-refractivity contribution in [3.8, 4) is 6.07 Å². The number of fused-ring (bicyclic) bond motifs is 5. The third-order valence-corrected chi connectivity index (χ3v) is 12.3. The molecule has 204 valence electrons. The van der Waals surface area contributed by atoms with Gasteiger partial charge in [0.05, 0.1) is 12.2 Å². The Hall–Kier alpha value is -1.53. The summed E-state index contributed by atoms with van der Waals surface area (Å²) in [5.74, 6) is 3.67. The van der Waals surface area contributed by atoms with E-state index in [1.807, 2.05) is 19.9 Å². The van der Waals surface area contributed by atoms with Crippen LogP contribution in [0, 0.1) is 52.3 Å². The second-order valence-electron chi connectivity index (χ2n) is 12.7. The monoisotopic (exact) mass is 529 g/mol. The van der Waals surface area contributed by atoms with E-state index in [0.717, 1.165) is 38.0 Å². The fraction of sp³-hybridized carbons (Fsp3) is 0.793. The summed E-state index contributed by atoms with van der Waals surface area (Å²) in [4.78, 5) is 4.02. The quantitative estimate of drug-likeness (QED) is 0.531. The first-order chi connectivity index (χ1) is 17.6. The maximum Gasteiger partial charge on any atom is 0.258 e. The Balaban J connectivity index is 1.27. The van der Waals surface area contributed by atoms with Gasteiger partial charge in [-0.25, -0.2) is 18.1 Å². The van der Waals surface area contributed by atoms with Crippen molar-refractivity contribution in [2.75, 3.05) is 13.2 Å². The first-order valence-electron chi connectivity index (χ1n) is 14.3. The van der Waals surface area contributed by atoms with E-state index in [1.165, 1.54) is 37.8 Å². The zero-order chi connectivity index (χ0) is 26.4. The molecule has 0 aliphatic heterocycles. The molecular formula is C29H43N3O4S.